The van der Waals surface area contributed by atoms with E-state index in [-0.39, 0.29) is 6.04 Å². The first-order valence-corrected chi connectivity index (χ1v) is 8.68. The number of benzene rings is 1. The Kier molecular flexibility index (Phi) is 4.52. The fraction of sp³-hybridized carbons (Fsp3) is 0.375. The van der Waals surface area contributed by atoms with Crippen LogP contribution in [0.2, 0.25) is 0 Å². The van der Waals surface area contributed by atoms with E-state index in [0.717, 1.165) is 22.4 Å². The summed E-state index contributed by atoms with van der Waals surface area (Å²) in [6.07, 6.45) is 1.07. The van der Waals surface area contributed by atoms with E-state index in [9.17, 15) is 0 Å². The van der Waals surface area contributed by atoms with Crippen molar-refractivity contribution in [1.29, 1.82) is 0 Å². The van der Waals surface area contributed by atoms with Crippen molar-refractivity contribution in [3.05, 3.63) is 44.1 Å². The molecule has 1 aliphatic heterocycles. The molecule has 0 bridgehead atoms. The summed E-state index contributed by atoms with van der Waals surface area (Å²) in [6, 6.07) is 8.64. The van der Waals surface area contributed by atoms with E-state index in [4.69, 9.17) is 9.47 Å². The van der Waals surface area contributed by atoms with E-state index in [1.807, 2.05) is 24.5 Å². The van der Waals surface area contributed by atoms with Gasteiger partial charge in [0.15, 0.2) is 11.5 Å². The summed E-state index contributed by atoms with van der Waals surface area (Å²) in [5, 5.41) is 3.40. The van der Waals surface area contributed by atoms with E-state index in [1.165, 1.54) is 15.3 Å². The topological polar surface area (TPSA) is 30.5 Å². The van der Waals surface area contributed by atoms with Gasteiger partial charge in [-0.1, -0.05) is 22.9 Å². The molecule has 0 radical (unpaired) electrons. The van der Waals surface area contributed by atoms with E-state index >= 15 is 0 Å². The number of halogens is 1. The Morgan fingerprint density at radius 3 is 2.57 bits per heavy atom. The SMILES string of the molecule is CCc1ccc(C(NC)c2cc3c(cc2Br)OCCO3)s1. The van der Waals surface area contributed by atoms with E-state index in [1.54, 1.807) is 0 Å². The number of ether oxygens (including phenoxy) is 2. The van der Waals surface area contributed by atoms with Crippen molar-refractivity contribution in [3.63, 3.8) is 0 Å². The second kappa shape index (κ2) is 6.38. The van der Waals surface area contributed by atoms with Gasteiger partial charge in [0.2, 0.25) is 0 Å². The van der Waals surface area contributed by atoms with Crippen molar-refractivity contribution in [2.24, 2.45) is 0 Å². The Hall–Kier alpha value is -1.04. The second-order valence-electron chi connectivity index (χ2n) is 4.90. The van der Waals surface area contributed by atoms with Crippen LogP contribution in [0.5, 0.6) is 11.5 Å². The Bertz CT molecular complexity index is 641. The van der Waals surface area contributed by atoms with Gasteiger partial charge >= 0.3 is 0 Å². The largest absolute Gasteiger partial charge is 0.486 e. The molecular formula is C16H18BrNO2S. The maximum absolute atomic E-state index is 5.71. The number of aryl methyl sites for hydroxylation is 1. The van der Waals surface area contributed by atoms with E-state index < -0.39 is 0 Å². The molecule has 0 spiro atoms. The normalized spacial score (nSPS) is 15.0. The molecule has 3 nitrogen and oxygen atoms in total. The number of hydrogen-bond donors (Lipinski definition) is 1. The molecule has 3 rings (SSSR count). The summed E-state index contributed by atoms with van der Waals surface area (Å²) in [5.74, 6) is 1.64. The standard InChI is InChI=1S/C16H18BrNO2S/c1-3-10-4-5-15(21-10)16(18-2)11-8-13-14(9-12(11)17)20-7-6-19-13/h4-5,8-9,16,18H,3,6-7H2,1-2H3. The number of rotatable bonds is 4. The molecule has 1 aromatic carbocycles. The highest BCUT2D eigenvalue weighted by atomic mass is 79.9. The molecule has 1 atom stereocenters. The number of nitrogens with one attached hydrogen (secondary N) is 1. The lowest BCUT2D eigenvalue weighted by atomic mass is 10.0. The predicted octanol–water partition coefficient (Wildman–Crippen LogP) is 4.15. The number of fused-ring (bicyclic) bond motifs is 1. The zero-order valence-electron chi connectivity index (χ0n) is 12.1. The number of thiophene rings is 1. The molecule has 1 aromatic heterocycles. The lowest BCUT2D eigenvalue weighted by Crippen LogP contribution is -2.19. The van der Waals surface area contributed by atoms with Crippen LogP contribution in [-0.4, -0.2) is 20.3 Å². The van der Waals surface area contributed by atoms with Crippen molar-refractivity contribution in [2.75, 3.05) is 20.3 Å². The predicted molar refractivity (Wildman–Crippen MR) is 89.7 cm³/mol. The summed E-state index contributed by atoms with van der Waals surface area (Å²) >= 11 is 5.52. The summed E-state index contributed by atoms with van der Waals surface area (Å²) in [5.41, 5.74) is 1.17. The molecule has 2 aromatic rings. The first-order valence-electron chi connectivity index (χ1n) is 7.07. The highest BCUT2D eigenvalue weighted by Gasteiger charge is 2.21. The lowest BCUT2D eigenvalue weighted by Gasteiger charge is -2.23. The van der Waals surface area contributed by atoms with Crippen LogP contribution in [0.25, 0.3) is 0 Å². The molecule has 0 saturated carbocycles. The third-order valence-corrected chi connectivity index (χ3v) is 5.56. The highest BCUT2D eigenvalue weighted by Crippen LogP contribution is 2.40. The molecule has 0 fully saturated rings. The first-order chi connectivity index (χ1) is 10.2. The van der Waals surface area contributed by atoms with Gasteiger partial charge in [-0.25, -0.2) is 0 Å². The van der Waals surface area contributed by atoms with Crippen LogP contribution in [0.1, 0.15) is 28.3 Å². The van der Waals surface area contributed by atoms with Crippen molar-refractivity contribution in [2.45, 2.75) is 19.4 Å². The van der Waals surface area contributed by atoms with E-state index in [2.05, 4.69) is 46.4 Å². The van der Waals surface area contributed by atoms with Crippen molar-refractivity contribution in [1.82, 2.24) is 5.32 Å². The molecule has 1 unspecified atom stereocenters. The quantitative estimate of drug-likeness (QED) is 0.880. The molecule has 2 heterocycles. The van der Waals surface area contributed by atoms with Crippen LogP contribution in [0.15, 0.2) is 28.7 Å². The van der Waals surface area contributed by atoms with Gasteiger partial charge in [0.25, 0.3) is 0 Å². The Balaban J connectivity index is 2.00. The minimum atomic E-state index is 0.153. The monoisotopic (exact) mass is 367 g/mol. The smallest absolute Gasteiger partial charge is 0.162 e. The average Bonchev–Trinajstić information content (AvgIpc) is 2.97. The summed E-state index contributed by atoms with van der Waals surface area (Å²) < 4.78 is 12.4. The second-order valence-corrected chi connectivity index (χ2v) is 6.95. The summed E-state index contributed by atoms with van der Waals surface area (Å²) in [6.45, 7) is 3.40. The molecular weight excluding hydrogens is 350 g/mol. The van der Waals surface area contributed by atoms with Crippen LogP contribution >= 0.6 is 27.3 Å². The van der Waals surface area contributed by atoms with Crippen molar-refractivity contribution >= 4 is 27.3 Å². The fourth-order valence-electron chi connectivity index (χ4n) is 2.49. The van der Waals surface area contributed by atoms with Gasteiger partial charge in [-0.3, -0.25) is 0 Å². The van der Waals surface area contributed by atoms with Crippen LogP contribution in [0.3, 0.4) is 0 Å². The van der Waals surface area contributed by atoms with Crippen molar-refractivity contribution in [3.8, 4) is 11.5 Å². The minimum Gasteiger partial charge on any atom is -0.486 e. The highest BCUT2D eigenvalue weighted by molar-refractivity contribution is 9.10. The summed E-state index contributed by atoms with van der Waals surface area (Å²) in [4.78, 5) is 2.71. The minimum absolute atomic E-state index is 0.153. The van der Waals surface area contributed by atoms with E-state index in [0.29, 0.717) is 13.2 Å². The van der Waals surface area contributed by atoms with Crippen LogP contribution < -0.4 is 14.8 Å². The molecule has 21 heavy (non-hydrogen) atoms. The molecule has 112 valence electrons. The Morgan fingerprint density at radius 2 is 1.95 bits per heavy atom. The number of hydrogen-bond acceptors (Lipinski definition) is 4. The molecule has 0 aliphatic carbocycles. The maximum atomic E-state index is 5.71. The third-order valence-electron chi connectivity index (χ3n) is 3.58. The molecule has 0 amide bonds. The van der Waals surface area contributed by atoms with Crippen molar-refractivity contribution < 1.29 is 9.47 Å². The van der Waals surface area contributed by atoms with Gasteiger partial charge < -0.3 is 14.8 Å². The van der Waals surface area contributed by atoms with Gasteiger partial charge in [-0.05, 0) is 43.3 Å². The first kappa shape index (κ1) is 14.9. The molecule has 5 heteroatoms. The van der Waals surface area contributed by atoms with Gasteiger partial charge in [-0.15, -0.1) is 11.3 Å². The maximum Gasteiger partial charge on any atom is 0.162 e. The summed E-state index contributed by atoms with van der Waals surface area (Å²) in [7, 11) is 1.99. The van der Waals surface area contributed by atoms with Gasteiger partial charge in [0.1, 0.15) is 13.2 Å². The molecule has 0 saturated heterocycles. The zero-order chi connectivity index (χ0) is 14.8. The van der Waals surface area contributed by atoms with Crippen LogP contribution in [-0.2, 0) is 6.42 Å². The molecule has 1 aliphatic rings. The lowest BCUT2D eigenvalue weighted by molar-refractivity contribution is 0.171. The van der Waals surface area contributed by atoms with Crippen LogP contribution in [0.4, 0.5) is 0 Å². The van der Waals surface area contributed by atoms with Gasteiger partial charge in [0.05, 0.1) is 6.04 Å². The average molecular weight is 368 g/mol. The molecule has 1 N–H and O–H groups in total. The Labute approximate surface area is 137 Å². The van der Waals surface area contributed by atoms with Crippen LogP contribution in [0, 0.1) is 0 Å². The van der Waals surface area contributed by atoms with Gasteiger partial charge in [0, 0.05) is 14.2 Å². The fourth-order valence-corrected chi connectivity index (χ4v) is 4.12. The zero-order valence-corrected chi connectivity index (χ0v) is 14.5. The van der Waals surface area contributed by atoms with Gasteiger partial charge in [-0.2, -0.15) is 0 Å². The third kappa shape index (κ3) is 2.96. The Morgan fingerprint density at radius 1 is 1.24 bits per heavy atom.